The van der Waals surface area contributed by atoms with E-state index in [2.05, 4.69) is 41.5 Å². The Balaban J connectivity index is 2.44. The number of carbonyl (C=O) groups is 2. The number of carbonyl (C=O) groups excluding carboxylic acids is 1. The fourth-order valence-corrected chi connectivity index (χ4v) is 2.22. The normalized spacial score (nSPS) is 12.2. The molecule has 0 saturated carbocycles. The largest absolute Gasteiger partial charge is 0.481 e. The average Bonchev–Trinajstić information content (AvgIpc) is 2.47. The van der Waals surface area contributed by atoms with Crippen LogP contribution in [0.15, 0.2) is 30.3 Å². The molecule has 6 nitrogen and oxygen atoms in total. The van der Waals surface area contributed by atoms with E-state index in [1.54, 1.807) is 0 Å². The van der Waals surface area contributed by atoms with Crippen LogP contribution in [0.4, 0.5) is 4.79 Å². The Bertz CT molecular complexity index is 491. The predicted octanol–water partition coefficient (Wildman–Crippen LogP) is 1.92. The zero-order chi connectivity index (χ0) is 17.2. The maximum Gasteiger partial charge on any atom is 0.315 e. The Kier molecular flexibility index (Phi) is 8.11. The van der Waals surface area contributed by atoms with Gasteiger partial charge >= 0.3 is 12.0 Å². The van der Waals surface area contributed by atoms with E-state index in [0.29, 0.717) is 0 Å². The summed E-state index contributed by atoms with van der Waals surface area (Å²) in [6.07, 6.45) is -0.0757. The number of rotatable bonds is 9. The van der Waals surface area contributed by atoms with Crippen molar-refractivity contribution in [3.63, 3.8) is 0 Å². The minimum absolute atomic E-state index is 0.00598. The van der Waals surface area contributed by atoms with Gasteiger partial charge in [0, 0.05) is 25.7 Å². The van der Waals surface area contributed by atoms with Gasteiger partial charge in [-0.15, -0.1) is 0 Å². The Hall–Kier alpha value is -2.08. The number of hydrogen-bond donors (Lipinski definition) is 3. The summed E-state index contributed by atoms with van der Waals surface area (Å²) in [7, 11) is 2.02. The summed E-state index contributed by atoms with van der Waals surface area (Å²) >= 11 is 0. The van der Waals surface area contributed by atoms with Gasteiger partial charge in [0.25, 0.3) is 0 Å². The molecule has 1 aromatic rings. The van der Waals surface area contributed by atoms with Crippen LogP contribution >= 0.6 is 0 Å². The smallest absolute Gasteiger partial charge is 0.315 e. The number of benzene rings is 1. The summed E-state index contributed by atoms with van der Waals surface area (Å²) in [5, 5.41) is 14.1. The first-order valence-corrected chi connectivity index (χ1v) is 7.87. The van der Waals surface area contributed by atoms with Gasteiger partial charge < -0.3 is 20.6 Å². The van der Waals surface area contributed by atoms with Crippen LogP contribution in [-0.4, -0.2) is 48.2 Å². The average molecular weight is 321 g/mol. The monoisotopic (exact) mass is 321 g/mol. The van der Waals surface area contributed by atoms with E-state index in [1.165, 1.54) is 5.56 Å². The molecule has 128 valence electrons. The van der Waals surface area contributed by atoms with Gasteiger partial charge in [-0.1, -0.05) is 44.2 Å². The minimum atomic E-state index is -0.923. The Morgan fingerprint density at radius 1 is 1.22 bits per heavy atom. The number of aliphatic carboxylic acids is 1. The molecule has 1 unspecified atom stereocenters. The molecule has 3 N–H and O–H groups in total. The second kappa shape index (κ2) is 9.84. The number of nitrogens with zero attached hydrogens (tertiary/aromatic N) is 1. The summed E-state index contributed by atoms with van der Waals surface area (Å²) in [6, 6.07) is 9.84. The summed E-state index contributed by atoms with van der Waals surface area (Å²) < 4.78 is 0. The molecular formula is C17H27N3O3. The van der Waals surface area contributed by atoms with Crippen molar-refractivity contribution in [2.75, 3.05) is 20.1 Å². The van der Waals surface area contributed by atoms with E-state index in [4.69, 9.17) is 5.11 Å². The molecular weight excluding hydrogens is 294 g/mol. The van der Waals surface area contributed by atoms with Gasteiger partial charge in [0.1, 0.15) is 0 Å². The second-order valence-electron chi connectivity index (χ2n) is 6.08. The number of urea groups is 1. The number of nitrogens with one attached hydrogen (secondary N) is 2. The highest BCUT2D eigenvalue weighted by atomic mass is 16.4. The van der Waals surface area contributed by atoms with E-state index in [-0.39, 0.29) is 31.0 Å². The lowest BCUT2D eigenvalue weighted by atomic mass is 10.0. The van der Waals surface area contributed by atoms with Crippen LogP contribution in [0.25, 0.3) is 0 Å². The number of hydrogen-bond acceptors (Lipinski definition) is 3. The van der Waals surface area contributed by atoms with Gasteiger partial charge in [0.15, 0.2) is 0 Å². The molecule has 0 aliphatic carbocycles. The van der Waals surface area contributed by atoms with Crippen molar-refractivity contribution >= 4 is 12.0 Å². The van der Waals surface area contributed by atoms with Gasteiger partial charge in [0.2, 0.25) is 0 Å². The van der Waals surface area contributed by atoms with E-state index in [9.17, 15) is 9.59 Å². The van der Waals surface area contributed by atoms with Crippen LogP contribution in [0.2, 0.25) is 0 Å². The van der Waals surface area contributed by atoms with Crippen molar-refractivity contribution in [1.29, 1.82) is 0 Å². The lowest BCUT2D eigenvalue weighted by Gasteiger charge is -2.28. The molecule has 0 saturated heterocycles. The first-order chi connectivity index (χ1) is 10.9. The SMILES string of the molecule is CC(C)C(CN(C)Cc1ccccc1)NC(=O)NCCC(=O)O. The highest BCUT2D eigenvalue weighted by Crippen LogP contribution is 2.07. The van der Waals surface area contributed by atoms with Gasteiger partial charge in [-0.05, 0) is 18.5 Å². The van der Waals surface area contributed by atoms with Crippen LogP contribution in [-0.2, 0) is 11.3 Å². The third kappa shape index (κ3) is 8.21. The fourth-order valence-electron chi connectivity index (χ4n) is 2.22. The third-order valence-electron chi connectivity index (χ3n) is 3.55. The number of carboxylic acid groups (broad SMARTS) is 1. The fraction of sp³-hybridized carbons (Fsp3) is 0.529. The van der Waals surface area contributed by atoms with E-state index < -0.39 is 5.97 Å². The van der Waals surface area contributed by atoms with Crippen molar-refractivity contribution in [2.24, 2.45) is 5.92 Å². The Labute approximate surface area is 137 Å². The number of likely N-dealkylation sites (N-methyl/N-ethyl adjacent to an activating group) is 1. The summed E-state index contributed by atoms with van der Waals surface area (Å²) in [5.74, 6) is -0.647. The molecule has 1 rings (SSSR count). The molecule has 0 fully saturated rings. The maximum absolute atomic E-state index is 11.8. The highest BCUT2D eigenvalue weighted by molar-refractivity contribution is 5.75. The quantitative estimate of drug-likeness (QED) is 0.649. The summed E-state index contributed by atoms with van der Waals surface area (Å²) in [5.41, 5.74) is 1.23. The Morgan fingerprint density at radius 3 is 2.43 bits per heavy atom. The molecule has 23 heavy (non-hydrogen) atoms. The number of carboxylic acids is 1. The lowest BCUT2D eigenvalue weighted by molar-refractivity contribution is -0.136. The highest BCUT2D eigenvalue weighted by Gasteiger charge is 2.18. The lowest BCUT2D eigenvalue weighted by Crippen LogP contribution is -2.49. The van der Waals surface area contributed by atoms with Crippen molar-refractivity contribution in [3.8, 4) is 0 Å². The summed E-state index contributed by atoms with van der Waals surface area (Å²) in [4.78, 5) is 24.5. The molecule has 0 heterocycles. The van der Waals surface area contributed by atoms with Crippen molar-refractivity contribution < 1.29 is 14.7 Å². The topological polar surface area (TPSA) is 81.7 Å². The zero-order valence-electron chi connectivity index (χ0n) is 14.1. The molecule has 6 heteroatoms. The van der Waals surface area contributed by atoms with Crippen LogP contribution in [0.3, 0.4) is 0 Å². The van der Waals surface area contributed by atoms with Crippen LogP contribution in [0.5, 0.6) is 0 Å². The molecule has 1 aromatic carbocycles. The maximum atomic E-state index is 11.8. The van der Waals surface area contributed by atoms with Gasteiger partial charge in [0.05, 0.1) is 6.42 Å². The van der Waals surface area contributed by atoms with Gasteiger partial charge in [-0.2, -0.15) is 0 Å². The van der Waals surface area contributed by atoms with E-state index >= 15 is 0 Å². The van der Waals surface area contributed by atoms with Crippen molar-refractivity contribution in [2.45, 2.75) is 32.9 Å². The molecule has 0 bridgehead atoms. The molecule has 2 amide bonds. The Morgan fingerprint density at radius 2 is 1.87 bits per heavy atom. The van der Waals surface area contributed by atoms with Gasteiger partial charge in [-0.25, -0.2) is 4.79 Å². The van der Waals surface area contributed by atoms with Crippen LogP contribution < -0.4 is 10.6 Å². The first kappa shape index (κ1) is 19.0. The molecule has 0 spiro atoms. The molecule has 0 aliphatic rings. The predicted molar refractivity (Wildman–Crippen MR) is 90.2 cm³/mol. The molecule has 0 aliphatic heterocycles. The van der Waals surface area contributed by atoms with Crippen molar-refractivity contribution in [1.82, 2.24) is 15.5 Å². The molecule has 0 aromatic heterocycles. The second-order valence-corrected chi connectivity index (χ2v) is 6.08. The standard InChI is InChI=1S/C17H27N3O3/c1-13(2)15(19-17(23)18-10-9-16(21)22)12-20(3)11-14-7-5-4-6-8-14/h4-8,13,15H,9-12H2,1-3H3,(H,21,22)(H2,18,19,23). The first-order valence-electron chi connectivity index (χ1n) is 7.87. The van der Waals surface area contributed by atoms with Gasteiger partial charge in [-0.3, -0.25) is 4.79 Å². The third-order valence-corrected chi connectivity index (χ3v) is 3.55. The molecule has 0 radical (unpaired) electrons. The van der Waals surface area contributed by atoms with Crippen molar-refractivity contribution in [3.05, 3.63) is 35.9 Å². The van der Waals surface area contributed by atoms with E-state index in [0.717, 1.165) is 13.1 Å². The summed E-state index contributed by atoms with van der Waals surface area (Å²) in [6.45, 7) is 5.77. The molecule has 1 atom stereocenters. The van der Waals surface area contributed by atoms with Crippen LogP contribution in [0.1, 0.15) is 25.8 Å². The van der Waals surface area contributed by atoms with E-state index in [1.807, 2.05) is 25.2 Å². The minimum Gasteiger partial charge on any atom is -0.481 e. The van der Waals surface area contributed by atoms with Crippen LogP contribution in [0, 0.1) is 5.92 Å². The number of amides is 2. The zero-order valence-corrected chi connectivity index (χ0v) is 14.1.